The van der Waals surface area contributed by atoms with Crippen molar-refractivity contribution in [1.82, 2.24) is 9.55 Å². The van der Waals surface area contributed by atoms with E-state index in [1.807, 2.05) is 29.9 Å². The third-order valence-electron chi connectivity index (χ3n) is 2.24. The smallest absolute Gasteiger partial charge is 0.200 e. The van der Waals surface area contributed by atoms with Gasteiger partial charge >= 0.3 is 0 Å². The molecule has 1 aromatic heterocycles. The minimum absolute atomic E-state index is 0.556. The summed E-state index contributed by atoms with van der Waals surface area (Å²) in [5, 5.41) is 0. The molecule has 0 saturated heterocycles. The average Bonchev–Trinajstić information content (AvgIpc) is 2.45. The number of aryl methyl sites for hydroxylation is 1. The Morgan fingerprint density at radius 2 is 2.27 bits per heavy atom. The van der Waals surface area contributed by atoms with Gasteiger partial charge in [0.15, 0.2) is 5.95 Å². The predicted octanol–water partition coefficient (Wildman–Crippen LogP) is 2.36. The normalized spacial score (nSPS) is 10.5. The van der Waals surface area contributed by atoms with Gasteiger partial charge < -0.3 is 10.3 Å². The summed E-state index contributed by atoms with van der Waals surface area (Å²) in [6.45, 7) is 0. The maximum atomic E-state index is 5.67. The van der Waals surface area contributed by atoms with E-state index >= 15 is 0 Å². The van der Waals surface area contributed by atoms with Gasteiger partial charge in [0.2, 0.25) is 0 Å². The van der Waals surface area contributed by atoms with E-state index in [9.17, 15) is 0 Å². The van der Waals surface area contributed by atoms with Crippen molar-refractivity contribution < 1.29 is 0 Å². The SMILES string of the molecule is Cn1cc(Cc2cccc(Br)c2)nc1N. The quantitative estimate of drug-likeness (QED) is 0.906. The van der Waals surface area contributed by atoms with Gasteiger partial charge in [-0.25, -0.2) is 4.98 Å². The predicted molar refractivity (Wildman–Crippen MR) is 64.6 cm³/mol. The van der Waals surface area contributed by atoms with E-state index in [4.69, 9.17) is 5.73 Å². The van der Waals surface area contributed by atoms with Gasteiger partial charge in [0, 0.05) is 24.1 Å². The zero-order valence-electron chi connectivity index (χ0n) is 8.44. The second-order valence-electron chi connectivity index (χ2n) is 3.51. The minimum atomic E-state index is 0.556. The maximum Gasteiger partial charge on any atom is 0.200 e. The van der Waals surface area contributed by atoms with Crippen LogP contribution in [-0.4, -0.2) is 9.55 Å². The molecule has 0 radical (unpaired) electrons. The highest BCUT2D eigenvalue weighted by Gasteiger charge is 2.03. The lowest BCUT2D eigenvalue weighted by molar-refractivity contribution is 0.928. The first-order chi connectivity index (χ1) is 7.15. The molecule has 0 atom stereocenters. The van der Waals surface area contributed by atoms with Gasteiger partial charge in [-0.3, -0.25) is 0 Å². The molecular weight excluding hydrogens is 254 g/mol. The third kappa shape index (κ3) is 2.39. The van der Waals surface area contributed by atoms with Gasteiger partial charge in [0.1, 0.15) is 0 Å². The van der Waals surface area contributed by atoms with Crippen LogP contribution in [0.1, 0.15) is 11.3 Å². The van der Waals surface area contributed by atoms with Crippen LogP contribution in [-0.2, 0) is 13.5 Å². The fourth-order valence-corrected chi connectivity index (χ4v) is 1.93. The summed E-state index contributed by atoms with van der Waals surface area (Å²) in [5.41, 5.74) is 7.88. The van der Waals surface area contributed by atoms with Crippen molar-refractivity contribution in [3.8, 4) is 0 Å². The summed E-state index contributed by atoms with van der Waals surface area (Å²) in [5.74, 6) is 0.556. The molecule has 0 aliphatic heterocycles. The van der Waals surface area contributed by atoms with Crippen LogP contribution in [0.25, 0.3) is 0 Å². The first kappa shape index (κ1) is 10.2. The second-order valence-corrected chi connectivity index (χ2v) is 4.42. The van der Waals surface area contributed by atoms with Crippen LogP contribution < -0.4 is 5.73 Å². The third-order valence-corrected chi connectivity index (χ3v) is 2.73. The van der Waals surface area contributed by atoms with Crippen LogP contribution in [0.2, 0.25) is 0 Å². The molecule has 4 heteroatoms. The van der Waals surface area contributed by atoms with Gasteiger partial charge in [0.25, 0.3) is 0 Å². The maximum absolute atomic E-state index is 5.67. The summed E-state index contributed by atoms with van der Waals surface area (Å²) >= 11 is 3.44. The lowest BCUT2D eigenvalue weighted by Crippen LogP contribution is -1.94. The van der Waals surface area contributed by atoms with E-state index in [2.05, 4.69) is 33.0 Å². The number of halogens is 1. The molecule has 0 aliphatic carbocycles. The Labute approximate surface area is 97.1 Å². The van der Waals surface area contributed by atoms with Gasteiger partial charge in [-0.2, -0.15) is 0 Å². The molecule has 2 aromatic rings. The van der Waals surface area contributed by atoms with Crippen LogP contribution in [0.4, 0.5) is 5.95 Å². The molecule has 0 fully saturated rings. The van der Waals surface area contributed by atoms with Crippen LogP contribution >= 0.6 is 15.9 Å². The van der Waals surface area contributed by atoms with Crippen LogP contribution in [0.15, 0.2) is 34.9 Å². The number of nitrogens with zero attached hydrogens (tertiary/aromatic N) is 2. The highest BCUT2D eigenvalue weighted by molar-refractivity contribution is 9.10. The van der Waals surface area contributed by atoms with Crippen molar-refractivity contribution in [2.45, 2.75) is 6.42 Å². The van der Waals surface area contributed by atoms with Crippen LogP contribution in [0, 0.1) is 0 Å². The number of nitrogen functional groups attached to an aromatic ring is 1. The van der Waals surface area contributed by atoms with Gasteiger partial charge in [-0.05, 0) is 17.7 Å². The highest BCUT2D eigenvalue weighted by atomic mass is 79.9. The molecule has 78 valence electrons. The molecular formula is C11H12BrN3. The Morgan fingerprint density at radius 1 is 1.47 bits per heavy atom. The lowest BCUT2D eigenvalue weighted by atomic mass is 10.1. The lowest BCUT2D eigenvalue weighted by Gasteiger charge is -1.98. The molecule has 0 spiro atoms. The van der Waals surface area contributed by atoms with Crippen LogP contribution in [0.3, 0.4) is 0 Å². The summed E-state index contributed by atoms with van der Waals surface area (Å²) in [6, 6.07) is 8.20. The number of benzene rings is 1. The zero-order valence-corrected chi connectivity index (χ0v) is 10.0. The molecule has 2 rings (SSSR count). The number of nitrogens with two attached hydrogens (primary N) is 1. The molecule has 0 saturated carbocycles. The summed E-state index contributed by atoms with van der Waals surface area (Å²) in [4.78, 5) is 4.26. The largest absolute Gasteiger partial charge is 0.369 e. The molecule has 2 N–H and O–H groups in total. The van der Waals surface area contributed by atoms with Gasteiger partial charge in [-0.15, -0.1) is 0 Å². The number of anilines is 1. The second kappa shape index (κ2) is 4.06. The van der Waals surface area contributed by atoms with Crippen molar-refractivity contribution in [3.05, 3.63) is 46.2 Å². The van der Waals surface area contributed by atoms with Crippen molar-refractivity contribution in [2.24, 2.45) is 7.05 Å². The fourth-order valence-electron chi connectivity index (χ4n) is 1.49. The van der Waals surface area contributed by atoms with E-state index in [1.54, 1.807) is 0 Å². The number of imidazole rings is 1. The summed E-state index contributed by atoms with van der Waals surface area (Å²) < 4.78 is 2.91. The topological polar surface area (TPSA) is 43.8 Å². The van der Waals surface area contributed by atoms with Gasteiger partial charge in [-0.1, -0.05) is 28.1 Å². The Morgan fingerprint density at radius 3 is 2.87 bits per heavy atom. The minimum Gasteiger partial charge on any atom is -0.369 e. The molecule has 1 aromatic carbocycles. The fraction of sp³-hybridized carbons (Fsp3) is 0.182. The molecule has 15 heavy (non-hydrogen) atoms. The van der Waals surface area contributed by atoms with Crippen molar-refractivity contribution in [3.63, 3.8) is 0 Å². The molecule has 0 aliphatic rings. The number of aromatic nitrogens is 2. The number of hydrogen-bond acceptors (Lipinski definition) is 2. The molecule has 0 unspecified atom stereocenters. The first-order valence-corrected chi connectivity index (χ1v) is 5.46. The van der Waals surface area contributed by atoms with Crippen molar-refractivity contribution in [1.29, 1.82) is 0 Å². The average molecular weight is 266 g/mol. The molecule has 0 bridgehead atoms. The molecule has 3 nitrogen and oxygen atoms in total. The van der Waals surface area contributed by atoms with E-state index in [-0.39, 0.29) is 0 Å². The standard InChI is InChI=1S/C11H12BrN3/c1-15-7-10(14-11(15)13)6-8-3-2-4-9(12)5-8/h2-5,7H,6H2,1H3,(H2,13,14). The van der Waals surface area contributed by atoms with E-state index in [0.29, 0.717) is 5.95 Å². The summed E-state index contributed by atoms with van der Waals surface area (Å²) in [7, 11) is 1.90. The Balaban J connectivity index is 2.22. The van der Waals surface area contributed by atoms with E-state index in [0.717, 1.165) is 16.6 Å². The zero-order chi connectivity index (χ0) is 10.8. The summed E-state index contributed by atoms with van der Waals surface area (Å²) in [6.07, 6.45) is 2.76. The number of hydrogen-bond donors (Lipinski definition) is 1. The van der Waals surface area contributed by atoms with Gasteiger partial charge in [0.05, 0.1) is 5.69 Å². The van der Waals surface area contributed by atoms with E-state index in [1.165, 1.54) is 5.56 Å². The monoisotopic (exact) mass is 265 g/mol. The first-order valence-electron chi connectivity index (χ1n) is 4.67. The Bertz CT molecular complexity index is 457. The van der Waals surface area contributed by atoms with Crippen molar-refractivity contribution >= 4 is 21.9 Å². The number of rotatable bonds is 2. The van der Waals surface area contributed by atoms with Crippen molar-refractivity contribution in [2.75, 3.05) is 5.73 Å². The molecule has 0 amide bonds. The van der Waals surface area contributed by atoms with Crippen LogP contribution in [0.5, 0.6) is 0 Å². The molecule has 1 heterocycles. The van der Waals surface area contributed by atoms with E-state index < -0.39 is 0 Å². The Hall–Kier alpha value is -1.29. The highest BCUT2D eigenvalue weighted by Crippen LogP contribution is 2.15. The Kier molecular flexibility index (Phi) is 2.77.